The fraction of sp³-hybridized carbons (Fsp3) is 0.444. The molecule has 142 valence electrons. The second kappa shape index (κ2) is 8.25. The average Bonchev–Trinajstić information content (AvgIpc) is 2.53. The fourth-order valence-corrected chi connectivity index (χ4v) is 1.99. The van der Waals surface area contributed by atoms with Crippen LogP contribution in [0.25, 0.3) is 0 Å². The van der Waals surface area contributed by atoms with Crippen LogP contribution in [0.3, 0.4) is 0 Å². The molecule has 1 aromatic carbocycles. The van der Waals surface area contributed by atoms with Crippen molar-refractivity contribution in [3.8, 4) is 11.6 Å². The molecule has 1 N–H and O–H groups in total. The summed E-state index contributed by atoms with van der Waals surface area (Å²) in [5, 5.41) is 2.87. The van der Waals surface area contributed by atoms with E-state index in [9.17, 15) is 13.2 Å². The molecule has 0 aliphatic rings. The summed E-state index contributed by atoms with van der Waals surface area (Å²) < 4.78 is 50.0. The number of anilines is 2. The van der Waals surface area contributed by atoms with Crippen LogP contribution in [0.5, 0.6) is 11.6 Å². The van der Waals surface area contributed by atoms with Crippen LogP contribution in [0.15, 0.2) is 30.5 Å². The Bertz CT molecular complexity index is 717. The lowest BCUT2D eigenvalue weighted by molar-refractivity contribution is -0.139. The van der Waals surface area contributed by atoms with Gasteiger partial charge in [0.25, 0.3) is 0 Å². The summed E-state index contributed by atoms with van der Waals surface area (Å²) in [6, 6.07) is 6.96. The summed E-state index contributed by atoms with van der Waals surface area (Å²) in [4.78, 5) is 7.63. The molecular weight excluding hydrogens is 347 g/mol. The monoisotopic (exact) mass is 369 g/mol. The van der Waals surface area contributed by atoms with E-state index in [0.29, 0.717) is 11.4 Å². The zero-order valence-corrected chi connectivity index (χ0v) is 15.1. The first-order chi connectivity index (χ1) is 12.1. The maximum absolute atomic E-state index is 13.1. The van der Waals surface area contributed by atoms with Gasteiger partial charge in [0.15, 0.2) is 0 Å². The summed E-state index contributed by atoms with van der Waals surface area (Å²) in [5.74, 6) is 0.300. The first-order valence-corrected chi connectivity index (χ1v) is 8.26. The minimum absolute atomic E-state index is 0.0225. The fourth-order valence-electron chi connectivity index (χ4n) is 1.99. The summed E-state index contributed by atoms with van der Waals surface area (Å²) in [6.07, 6.45) is -3.81. The van der Waals surface area contributed by atoms with Crippen molar-refractivity contribution in [3.63, 3.8) is 0 Å². The van der Waals surface area contributed by atoms with E-state index in [4.69, 9.17) is 9.47 Å². The molecule has 1 heterocycles. The number of hydrogen-bond acceptors (Lipinski definition) is 5. The van der Waals surface area contributed by atoms with Crippen molar-refractivity contribution < 1.29 is 22.6 Å². The van der Waals surface area contributed by atoms with Crippen LogP contribution in [0.1, 0.15) is 33.3 Å². The molecule has 0 atom stereocenters. The maximum Gasteiger partial charge on any atom is 0.423 e. The Kier molecular flexibility index (Phi) is 6.28. The highest BCUT2D eigenvalue weighted by Crippen LogP contribution is 2.35. The summed E-state index contributed by atoms with van der Waals surface area (Å²) in [5.41, 5.74) is -0.375. The van der Waals surface area contributed by atoms with Crippen LogP contribution in [-0.4, -0.2) is 22.7 Å². The molecule has 2 rings (SSSR count). The van der Waals surface area contributed by atoms with Crippen LogP contribution in [0.2, 0.25) is 0 Å². The number of rotatable bonds is 7. The topological polar surface area (TPSA) is 56.3 Å². The van der Waals surface area contributed by atoms with Crippen LogP contribution in [0, 0.1) is 5.92 Å². The molecule has 1 aromatic heterocycles. The molecular formula is C18H22F3N3O2. The second-order valence-electron chi connectivity index (χ2n) is 6.43. The third-order valence-electron chi connectivity index (χ3n) is 3.09. The predicted molar refractivity (Wildman–Crippen MR) is 92.9 cm³/mol. The lowest BCUT2D eigenvalue weighted by Crippen LogP contribution is -2.14. The van der Waals surface area contributed by atoms with Gasteiger partial charge in [-0.15, -0.1) is 0 Å². The highest BCUT2D eigenvalue weighted by atomic mass is 19.4. The highest BCUT2D eigenvalue weighted by molar-refractivity contribution is 5.55. The van der Waals surface area contributed by atoms with Gasteiger partial charge in [-0.3, -0.25) is 0 Å². The minimum Gasteiger partial charge on any atom is -0.491 e. The molecule has 0 unspecified atom stereocenters. The Morgan fingerprint density at radius 1 is 1.08 bits per heavy atom. The van der Waals surface area contributed by atoms with Crippen molar-refractivity contribution in [2.24, 2.45) is 5.92 Å². The Hall–Kier alpha value is -2.51. The van der Waals surface area contributed by atoms with Gasteiger partial charge in [-0.25, -0.2) is 4.98 Å². The molecule has 0 aliphatic carbocycles. The molecule has 2 aromatic rings. The summed E-state index contributed by atoms with van der Waals surface area (Å²) in [6.45, 7) is 7.64. The third kappa shape index (κ3) is 5.79. The number of halogens is 3. The number of nitrogens with zero attached hydrogens (tertiary/aromatic N) is 2. The van der Waals surface area contributed by atoms with Crippen LogP contribution >= 0.6 is 0 Å². The maximum atomic E-state index is 13.1. The standard InChI is InChI=1S/C18H22F3N3O2/c1-11(2)10-25-16-15(18(19,20)21)9-22-17(24-16)23-13-5-7-14(8-6-13)26-12(3)4/h5-9,11-12H,10H2,1-4H3,(H,22,23,24). The van der Waals surface area contributed by atoms with Gasteiger partial charge in [0.05, 0.1) is 12.7 Å². The van der Waals surface area contributed by atoms with Crippen molar-refractivity contribution in [1.82, 2.24) is 9.97 Å². The highest BCUT2D eigenvalue weighted by Gasteiger charge is 2.36. The molecule has 0 saturated heterocycles. The molecule has 0 saturated carbocycles. The molecule has 26 heavy (non-hydrogen) atoms. The molecule has 0 spiro atoms. The number of aromatic nitrogens is 2. The zero-order chi connectivity index (χ0) is 19.3. The van der Waals surface area contributed by atoms with Gasteiger partial charge in [-0.1, -0.05) is 13.8 Å². The normalized spacial score (nSPS) is 11.7. The van der Waals surface area contributed by atoms with Gasteiger partial charge in [-0.05, 0) is 44.0 Å². The summed E-state index contributed by atoms with van der Waals surface area (Å²) in [7, 11) is 0. The lowest BCUT2D eigenvalue weighted by Gasteiger charge is -2.15. The van der Waals surface area contributed by atoms with E-state index in [1.165, 1.54) is 0 Å². The van der Waals surface area contributed by atoms with E-state index in [2.05, 4.69) is 15.3 Å². The van der Waals surface area contributed by atoms with Gasteiger partial charge in [-0.2, -0.15) is 18.2 Å². The van der Waals surface area contributed by atoms with E-state index >= 15 is 0 Å². The number of benzene rings is 1. The largest absolute Gasteiger partial charge is 0.491 e. The molecule has 0 amide bonds. The Balaban J connectivity index is 2.19. The van der Waals surface area contributed by atoms with Crippen molar-refractivity contribution in [1.29, 1.82) is 0 Å². The van der Waals surface area contributed by atoms with E-state index < -0.39 is 17.6 Å². The van der Waals surface area contributed by atoms with Crippen molar-refractivity contribution in [2.75, 3.05) is 11.9 Å². The van der Waals surface area contributed by atoms with Crippen molar-refractivity contribution in [3.05, 3.63) is 36.0 Å². The average molecular weight is 369 g/mol. The number of ether oxygens (including phenoxy) is 2. The first-order valence-electron chi connectivity index (χ1n) is 8.26. The SMILES string of the molecule is CC(C)COc1nc(Nc2ccc(OC(C)C)cc2)ncc1C(F)(F)F. The Labute approximate surface area is 150 Å². The molecule has 0 radical (unpaired) electrons. The van der Waals surface area contributed by atoms with Gasteiger partial charge in [0, 0.05) is 11.9 Å². The summed E-state index contributed by atoms with van der Waals surface area (Å²) >= 11 is 0. The molecule has 8 heteroatoms. The van der Waals surface area contributed by atoms with E-state index in [1.807, 2.05) is 27.7 Å². The van der Waals surface area contributed by atoms with Gasteiger partial charge < -0.3 is 14.8 Å². The van der Waals surface area contributed by atoms with Crippen molar-refractivity contribution >= 4 is 11.6 Å². The second-order valence-corrected chi connectivity index (χ2v) is 6.43. The molecule has 5 nitrogen and oxygen atoms in total. The quantitative estimate of drug-likeness (QED) is 0.739. The molecule has 0 bridgehead atoms. The zero-order valence-electron chi connectivity index (χ0n) is 15.1. The number of nitrogens with one attached hydrogen (secondary N) is 1. The van der Waals surface area contributed by atoms with E-state index in [0.717, 1.165) is 6.20 Å². The van der Waals surface area contributed by atoms with Gasteiger partial charge in [0.2, 0.25) is 11.8 Å². The lowest BCUT2D eigenvalue weighted by atomic mass is 10.2. The first kappa shape index (κ1) is 19.8. The predicted octanol–water partition coefficient (Wildman–Crippen LogP) is 5.06. The van der Waals surface area contributed by atoms with Gasteiger partial charge >= 0.3 is 6.18 Å². The van der Waals surface area contributed by atoms with Crippen LogP contribution < -0.4 is 14.8 Å². The van der Waals surface area contributed by atoms with E-state index in [-0.39, 0.29) is 24.6 Å². The Morgan fingerprint density at radius 3 is 2.27 bits per heavy atom. The van der Waals surface area contributed by atoms with Crippen LogP contribution in [0.4, 0.5) is 24.8 Å². The molecule has 0 fully saturated rings. The Morgan fingerprint density at radius 2 is 1.73 bits per heavy atom. The van der Waals surface area contributed by atoms with Gasteiger partial charge in [0.1, 0.15) is 11.3 Å². The minimum atomic E-state index is -4.58. The number of hydrogen-bond donors (Lipinski definition) is 1. The number of alkyl halides is 3. The third-order valence-corrected chi connectivity index (χ3v) is 3.09. The smallest absolute Gasteiger partial charge is 0.423 e. The van der Waals surface area contributed by atoms with E-state index in [1.54, 1.807) is 24.3 Å². The van der Waals surface area contributed by atoms with Crippen LogP contribution in [-0.2, 0) is 6.18 Å². The molecule has 0 aliphatic heterocycles. The van der Waals surface area contributed by atoms with Crippen molar-refractivity contribution in [2.45, 2.75) is 40.0 Å².